The van der Waals surface area contributed by atoms with Crippen LogP contribution in [0.4, 0.5) is 5.69 Å². The van der Waals surface area contributed by atoms with E-state index in [1.807, 2.05) is 5.38 Å². The molecule has 1 heterocycles. The number of hydrogen-bond acceptors (Lipinski definition) is 5. The lowest BCUT2D eigenvalue weighted by molar-refractivity contribution is -0.111. The van der Waals surface area contributed by atoms with Crippen molar-refractivity contribution in [3.63, 3.8) is 0 Å². The maximum atomic E-state index is 12.3. The van der Waals surface area contributed by atoms with Gasteiger partial charge in [-0.25, -0.2) is 4.98 Å². The summed E-state index contributed by atoms with van der Waals surface area (Å²) < 4.78 is 0. The summed E-state index contributed by atoms with van der Waals surface area (Å²) in [4.78, 5) is 28.1. The predicted octanol–water partition coefficient (Wildman–Crippen LogP) is 3.07. The highest BCUT2D eigenvalue weighted by atomic mass is 32.1. The van der Waals surface area contributed by atoms with Crippen molar-refractivity contribution >= 4 is 28.8 Å². The number of hydrogen-bond donors (Lipinski definition) is 3. The molecule has 2 amide bonds. The van der Waals surface area contributed by atoms with Gasteiger partial charge in [0.05, 0.1) is 16.3 Å². The molecule has 2 rings (SSSR count). The Bertz CT molecular complexity index is 784. The summed E-state index contributed by atoms with van der Waals surface area (Å²) >= 11 is 1.61. The first-order valence-electron chi connectivity index (χ1n) is 7.89. The van der Waals surface area contributed by atoms with E-state index in [2.05, 4.69) is 36.0 Å². The molecule has 0 radical (unpaired) electrons. The van der Waals surface area contributed by atoms with Crippen molar-refractivity contribution in [2.24, 2.45) is 0 Å². The molecule has 1 aromatic carbocycles. The smallest absolute Gasteiger partial charge is 0.255 e. The lowest BCUT2D eigenvalue weighted by Gasteiger charge is -2.09. The zero-order chi connectivity index (χ0) is 18.4. The normalized spacial score (nSPS) is 10.5. The average Bonchev–Trinajstić information content (AvgIpc) is 3.05. The molecule has 6 nitrogen and oxygen atoms in total. The van der Waals surface area contributed by atoms with Gasteiger partial charge in [0.1, 0.15) is 5.75 Å². The van der Waals surface area contributed by atoms with E-state index in [0.717, 1.165) is 16.8 Å². The summed E-state index contributed by atoms with van der Waals surface area (Å²) in [5.74, 6) is -0.559. The van der Waals surface area contributed by atoms with Crippen LogP contribution in [0.3, 0.4) is 0 Å². The minimum Gasteiger partial charge on any atom is -0.507 e. The van der Waals surface area contributed by atoms with E-state index in [-0.39, 0.29) is 17.2 Å². The van der Waals surface area contributed by atoms with Crippen LogP contribution >= 0.6 is 11.3 Å². The van der Waals surface area contributed by atoms with Gasteiger partial charge in [0.25, 0.3) is 5.91 Å². The molecule has 0 unspecified atom stereocenters. The molecule has 7 heteroatoms. The van der Waals surface area contributed by atoms with E-state index in [9.17, 15) is 14.7 Å². The molecule has 0 aliphatic carbocycles. The molecule has 132 valence electrons. The first kappa shape index (κ1) is 18.7. The molecule has 3 N–H and O–H groups in total. The van der Waals surface area contributed by atoms with Gasteiger partial charge in [-0.05, 0) is 24.3 Å². The molecule has 0 aliphatic heterocycles. The number of benzene rings is 1. The van der Waals surface area contributed by atoms with Crippen LogP contribution in [0, 0.1) is 0 Å². The minimum atomic E-state index is -0.411. The zero-order valence-electron chi connectivity index (χ0n) is 14.2. The van der Waals surface area contributed by atoms with Gasteiger partial charge in [0.2, 0.25) is 5.91 Å². The van der Waals surface area contributed by atoms with Crippen LogP contribution < -0.4 is 10.6 Å². The fraction of sp³-hybridized carbons (Fsp3) is 0.278. The molecule has 0 atom stereocenters. The lowest BCUT2D eigenvalue weighted by atomic mass is 10.1. The Kier molecular flexibility index (Phi) is 6.30. The van der Waals surface area contributed by atoms with Crippen LogP contribution in [0.15, 0.2) is 36.2 Å². The molecule has 0 saturated carbocycles. The summed E-state index contributed by atoms with van der Waals surface area (Å²) in [7, 11) is 0. The van der Waals surface area contributed by atoms with Crippen LogP contribution in [-0.4, -0.2) is 28.4 Å². The van der Waals surface area contributed by atoms with Crippen molar-refractivity contribution in [3.8, 4) is 5.75 Å². The molecular formula is C18H21N3O3S. The van der Waals surface area contributed by atoms with Gasteiger partial charge < -0.3 is 15.7 Å². The SMILES string of the molecule is C=CC(=O)Nc1ccc(O)c(C(=O)NCCc2csc(C(C)C)n2)c1. The summed E-state index contributed by atoms with van der Waals surface area (Å²) in [6.07, 6.45) is 1.74. The first-order valence-corrected chi connectivity index (χ1v) is 8.77. The monoisotopic (exact) mass is 359 g/mol. The average molecular weight is 359 g/mol. The van der Waals surface area contributed by atoms with Crippen molar-refractivity contribution in [1.29, 1.82) is 0 Å². The number of nitrogens with one attached hydrogen (secondary N) is 2. The van der Waals surface area contributed by atoms with Crippen molar-refractivity contribution in [2.45, 2.75) is 26.2 Å². The molecule has 1 aromatic heterocycles. The third kappa shape index (κ3) is 5.15. The van der Waals surface area contributed by atoms with Crippen molar-refractivity contribution < 1.29 is 14.7 Å². The maximum absolute atomic E-state index is 12.3. The lowest BCUT2D eigenvalue weighted by Crippen LogP contribution is -2.26. The van der Waals surface area contributed by atoms with Crippen LogP contribution in [0.2, 0.25) is 0 Å². The Morgan fingerprint density at radius 1 is 1.40 bits per heavy atom. The Morgan fingerprint density at radius 2 is 2.16 bits per heavy atom. The van der Waals surface area contributed by atoms with Gasteiger partial charge in [0, 0.05) is 30.0 Å². The first-order chi connectivity index (χ1) is 11.9. The zero-order valence-corrected chi connectivity index (χ0v) is 15.0. The van der Waals surface area contributed by atoms with E-state index in [1.165, 1.54) is 18.2 Å². The highest BCUT2D eigenvalue weighted by molar-refractivity contribution is 7.09. The number of carbonyl (C=O) groups excluding carboxylic acids is 2. The number of phenolic OH excluding ortho intramolecular Hbond substituents is 1. The second-order valence-electron chi connectivity index (χ2n) is 5.76. The van der Waals surface area contributed by atoms with Crippen molar-refractivity contribution in [2.75, 3.05) is 11.9 Å². The quantitative estimate of drug-likeness (QED) is 0.523. The Labute approximate surface area is 150 Å². The topological polar surface area (TPSA) is 91.3 Å². The number of aromatic nitrogens is 1. The highest BCUT2D eigenvalue weighted by Gasteiger charge is 2.13. The summed E-state index contributed by atoms with van der Waals surface area (Å²) in [5, 5.41) is 18.2. The number of nitrogens with zero attached hydrogens (tertiary/aromatic N) is 1. The van der Waals surface area contributed by atoms with E-state index in [4.69, 9.17) is 0 Å². The van der Waals surface area contributed by atoms with Crippen molar-refractivity contribution in [1.82, 2.24) is 10.3 Å². The van der Waals surface area contributed by atoms with Gasteiger partial charge in [-0.3, -0.25) is 9.59 Å². The van der Waals surface area contributed by atoms with E-state index < -0.39 is 5.91 Å². The molecule has 0 bridgehead atoms. The van der Waals surface area contributed by atoms with Crippen LogP contribution in [-0.2, 0) is 11.2 Å². The Morgan fingerprint density at radius 3 is 2.80 bits per heavy atom. The number of aromatic hydroxyl groups is 1. The molecule has 0 fully saturated rings. The molecular weight excluding hydrogens is 338 g/mol. The Hall–Kier alpha value is -2.67. The number of rotatable bonds is 7. The third-order valence-electron chi connectivity index (χ3n) is 3.42. The Balaban J connectivity index is 1.96. The van der Waals surface area contributed by atoms with Gasteiger partial charge >= 0.3 is 0 Å². The van der Waals surface area contributed by atoms with E-state index >= 15 is 0 Å². The molecule has 25 heavy (non-hydrogen) atoms. The summed E-state index contributed by atoms with van der Waals surface area (Å²) in [6, 6.07) is 4.30. The van der Waals surface area contributed by atoms with E-state index in [1.54, 1.807) is 11.3 Å². The number of phenols is 1. The number of anilines is 1. The van der Waals surface area contributed by atoms with Crippen LogP contribution in [0.1, 0.15) is 40.8 Å². The fourth-order valence-electron chi connectivity index (χ4n) is 2.09. The maximum Gasteiger partial charge on any atom is 0.255 e. The standard InChI is InChI=1S/C18H21N3O3S/c1-4-16(23)20-12-5-6-15(22)14(9-12)17(24)19-8-7-13-10-25-18(21-13)11(2)3/h4-6,9-11,22H,1,7-8H2,2-3H3,(H,19,24)(H,20,23). The number of carbonyl (C=O) groups is 2. The minimum absolute atomic E-state index is 0.100. The van der Waals surface area contributed by atoms with Gasteiger partial charge in [-0.15, -0.1) is 11.3 Å². The second kappa shape index (κ2) is 8.43. The van der Waals surface area contributed by atoms with Gasteiger partial charge in [-0.2, -0.15) is 0 Å². The van der Waals surface area contributed by atoms with E-state index in [0.29, 0.717) is 24.6 Å². The predicted molar refractivity (Wildman–Crippen MR) is 99.2 cm³/mol. The van der Waals surface area contributed by atoms with Crippen LogP contribution in [0.25, 0.3) is 0 Å². The van der Waals surface area contributed by atoms with Gasteiger partial charge in [0.15, 0.2) is 0 Å². The third-order valence-corrected chi connectivity index (χ3v) is 4.62. The molecule has 0 spiro atoms. The second-order valence-corrected chi connectivity index (χ2v) is 6.65. The molecule has 0 saturated heterocycles. The molecule has 2 aromatic rings. The number of amides is 2. The molecule has 0 aliphatic rings. The van der Waals surface area contributed by atoms with Gasteiger partial charge in [-0.1, -0.05) is 20.4 Å². The summed E-state index contributed by atoms with van der Waals surface area (Å²) in [6.45, 7) is 7.95. The highest BCUT2D eigenvalue weighted by Crippen LogP contribution is 2.22. The fourth-order valence-corrected chi connectivity index (χ4v) is 2.96. The van der Waals surface area contributed by atoms with Crippen molar-refractivity contribution in [3.05, 3.63) is 52.5 Å². The summed E-state index contributed by atoms with van der Waals surface area (Å²) in [5.41, 5.74) is 1.45. The van der Waals surface area contributed by atoms with Crippen LogP contribution in [0.5, 0.6) is 5.75 Å². The number of thiazole rings is 1. The largest absolute Gasteiger partial charge is 0.507 e.